The lowest BCUT2D eigenvalue weighted by Gasteiger charge is -2.16. The number of thioether (sulfide) groups is 1. The van der Waals surface area contributed by atoms with Crippen LogP contribution < -0.4 is 10.9 Å². The Balaban J connectivity index is 1.76. The van der Waals surface area contributed by atoms with Gasteiger partial charge in [-0.2, -0.15) is 0 Å². The Morgan fingerprint density at radius 1 is 1.19 bits per heavy atom. The van der Waals surface area contributed by atoms with Gasteiger partial charge in [-0.15, -0.1) is 0 Å². The number of carbonyl (C=O) groups excluding carboxylic acids is 1. The molecule has 0 aliphatic rings. The van der Waals surface area contributed by atoms with Gasteiger partial charge in [0.25, 0.3) is 5.56 Å². The Morgan fingerprint density at radius 3 is 2.66 bits per heavy atom. The number of halogens is 1. The maximum atomic E-state index is 13.1. The van der Waals surface area contributed by atoms with Crippen molar-refractivity contribution in [2.24, 2.45) is 0 Å². The third-order valence-corrected chi connectivity index (χ3v) is 6.08. The number of hydrogen-bond acceptors (Lipinski definition) is 5. The van der Waals surface area contributed by atoms with Crippen LogP contribution in [0.15, 0.2) is 58.5 Å². The topological polar surface area (TPSA) is 73.2 Å². The summed E-state index contributed by atoms with van der Waals surface area (Å²) < 4.78 is 7.23. The Labute approximate surface area is 197 Å². The lowest BCUT2D eigenvalue weighted by Crippen LogP contribution is -2.29. The summed E-state index contributed by atoms with van der Waals surface area (Å²) >= 11 is 7.35. The maximum absolute atomic E-state index is 13.1. The summed E-state index contributed by atoms with van der Waals surface area (Å²) in [6.07, 6.45) is 0.802. The van der Waals surface area contributed by atoms with Crippen LogP contribution in [-0.4, -0.2) is 33.9 Å². The lowest BCUT2D eigenvalue weighted by molar-refractivity contribution is -0.119. The third-order valence-electron chi connectivity index (χ3n) is 4.87. The van der Waals surface area contributed by atoms with Crippen LogP contribution in [-0.2, 0) is 16.1 Å². The minimum absolute atomic E-state index is 0.108. The third kappa shape index (κ3) is 6.58. The fraction of sp³-hybridized carbons (Fsp3) is 0.375. The largest absolute Gasteiger partial charge is 0.379 e. The minimum Gasteiger partial charge on any atom is -0.379 e. The van der Waals surface area contributed by atoms with Gasteiger partial charge in [-0.25, -0.2) is 4.98 Å². The molecule has 0 radical (unpaired) electrons. The van der Waals surface area contributed by atoms with Crippen LogP contribution in [0.1, 0.15) is 38.8 Å². The Hall–Kier alpha value is -2.35. The number of nitrogens with one attached hydrogen (secondary N) is 1. The van der Waals surface area contributed by atoms with Crippen molar-refractivity contribution in [2.45, 2.75) is 51.0 Å². The number of aromatic nitrogens is 2. The van der Waals surface area contributed by atoms with Crippen LogP contribution in [0.25, 0.3) is 10.9 Å². The van der Waals surface area contributed by atoms with Gasteiger partial charge in [0.1, 0.15) is 0 Å². The van der Waals surface area contributed by atoms with Crippen molar-refractivity contribution in [3.8, 4) is 0 Å². The molecule has 3 rings (SSSR count). The van der Waals surface area contributed by atoms with Gasteiger partial charge in [-0.1, -0.05) is 53.7 Å². The molecule has 2 aromatic carbocycles. The molecule has 1 heterocycles. The molecule has 32 heavy (non-hydrogen) atoms. The van der Waals surface area contributed by atoms with E-state index in [2.05, 4.69) is 10.3 Å². The summed E-state index contributed by atoms with van der Waals surface area (Å²) in [4.78, 5) is 30.3. The first-order valence-electron chi connectivity index (χ1n) is 10.6. The molecule has 0 saturated carbocycles. The zero-order chi connectivity index (χ0) is 23.1. The molecule has 0 fully saturated rings. The number of hydrogen-bond donors (Lipinski definition) is 1. The highest BCUT2D eigenvalue weighted by Crippen LogP contribution is 2.21. The van der Waals surface area contributed by atoms with Crippen molar-refractivity contribution in [3.05, 3.63) is 69.5 Å². The molecule has 1 atom stereocenters. The minimum atomic E-state index is -0.142. The van der Waals surface area contributed by atoms with Crippen LogP contribution >= 0.6 is 23.4 Å². The number of carbonyl (C=O) groups is 1. The van der Waals surface area contributed by atoms with Crippen LogP contribution in [0.2, 0.25) is 5.02 Å². The quantitative estimate of drug-likeness (QED) is 0.259. The predicted molar refractivity (Wildman–Crippen MR) is 130 cm³/mol. The van der Waals surface area contributed by atoms with Gasteiger partial charge >= 0.3 is 0 Å². The van der Waals surface area contributed by atoms with Crippen LogP contribution in [0, 0.1) is 0 Å². The van der Waals surface area contributed by atoms with Crippen molar-refractivity contribution in [3.63, 3.8) is 0 Å². The zero-order valence-corrected chi connectivity index (χ0v) is 20.1. The zero-order valence-electron chi connectivity index (χ0n) is 18.5. The summed E-state index contributed by atoms with van der Waals surface area (Å²) in [6.45, 7) is 6.90. The molecule has 1 amide bonds. The smallest absolute Gasteiger partial charge is 0.262 e. The van der Waals surface area contributed by atoms with E-state index >= 15 is 0 Å². The Morgan fingerprint density at radius 2 is 1.94 bits per heavy atom. The number of ether oxygens (including phenoxy) is 1. The second kappa shape index (κ2) is 11.5. The summed E-state index contributed by atoms with van der Waals surface area (Å²) in [6, 6.07) is 14.7. The van der Waals surface area contributed by atoms with Gasteiger partial charge < -0.3 is 10.1 Å². The number of rotatable bonds is 10. The van der Waals surface area contributed by atoms with Gasteiger partial charge in [0.2, 0.25) is 5.91 Å². The van der Waals surface area contributed by atoms with E-state index in [9.17, 15) is 9.59 Å². The normalized spacial score (nSPS) is 12.3. The monoisotopic (exact) mass is 473 g/mol. The molecule has 8 heteroatoms. The number of amides is 1. The summed E-state index contributed by atoms with van der Waals surface area (Å²) in [5.74, 6) is 0.0273. The molecular weight excluding hydrogens is 446 g/mol. The van der Waals surface area contributed by atoms with E-state index in [4.69, 9.17) is 16.3 Å². The first kappa shape index (κ1) is 24.3. The molecule has 1 aromatic heterocycles. The molecule has 6 nitrogen and oxygen atoms in total. The molecule has 0 bridgehead atoms. The SMILES string of the molecule is CC(C)OCCCn1c(SCC(=O)NC(C)c2ccccc2)nc2cc(Cl)ccc2c1=O. The summed E-state index contributed by atoms with van der Waals surface area (Å²) in [7, 11) is 0. The highest BCUT2D eigenvalue weighted by Gasteiger charge is 2.15. The molecule has 0 saturated heterocycles. The first-order valence-corrected chi connectivity index (χ1v) is 12.0. The van der Waals surface area contributed by atoms with E-state index in [1.54, 1.807) is 22.8 Å². The summed E-state index contributed by atoms with van der Waals surface area (Å²) in [5.41, 5.74) is 1.42. The van der Waals surface area contributed by atoms with E-state index in [1.165, 1.54) is 11.8 Å². The van der Waals surface area contributed by atoms with Crippen molar-refractivity contribution in [2.75, 3.05) is 12.4 Å². The summed E-state index contributed by atoms with van der Waals surface area (Å²) in [5, 5.41) is 4.51. The van der Waals surface area contributed by atoms with Crippen LogP contribution in [0.5, 0.6) is 0 Å². The standard InChI is InChI=1S/C24H28ClN3O3S/c1-16(2)31-13-7-12-28-23(30)20-11-10-19(25)14-21(20)27-24(28)32-15-22(29)26-17(3)18-8-5-4-6-9-18/h4-6,8-11,14,16-17H,7,12-13,15H2,1-3H3,(H,26,29). The van der Waals surface area contributed by atoms with E-state index in [-0.39, 0.29) is 29.4 Å². The number of fused-ring (bicyclic) bond motifs is 1. The highest BCUT2D eigenvalue weighted by atomic mass is 35.5. The predicted octanol–water partition coefficient (Wildman–Crippen LogP) is 4.83. The van der Waals surface area contributed by atoms with E-state index in [0.29, 0.717) is 40.7 Å². The van der Waals surface area contributed by atoms with Crippen molar-refractivity contribution < 1.29 is 9.53 Å². The van der Waals surface area contributed by atoms with Gasteiger partial charge in [-0.05, 0) is 51.0 Å². The molecular formula is C24H28ClN3O3S. The molecule has 1 N–H and O–H groups in total. The van der Waals surface area contributed by atoms with Gasteiger partial charge in [-0.3, -0.25) is 14.2 Å². The number of nitrogens with zero attached hydrogens (tertiary/aromatic N) is 2. The van der Waals surface area contributed by atoms with E-state index < -0.39 is 0 Å². The van der Waals surface area contributed by atoms with E-state index in [0.717, 1.165) is 5.56 Å². The van der Waals surface area contributed by atoms with Crippen molar-refractivity contribution >= 4 is 40.2 Å². The van der Waals surface area contributed by atoms with Crippen molar-refractivity contribution in [1.29, 1.82) is 0 Å². The highest BCUT2D eigenvalue weighted by molar-refractivity contribution is 7.99. The fourth-order valence-electron chi connectivity index (χ4n) is 3.26. The first-order chi connectivity index (χ1) is 15.3. The molecule has 3 aromatic rings. The van der Waals surface area contributed by atoms with Gasteiger partial charge in [0.15, 0.2) is 5.16 Å². The second-order valence-corrected chi connectivity index (χ2v) is 9.15. The fourth-order valence-corrected chi connectivity index (χ4v) is 4.26. The van der Waals surface area contributed by atoms with Crippen molar-refractivity contribution in [1.82, 2.24) is 14.9 Å². The molecule has 0 aliphatic heterocycles. The van der Waals surface area contributed by atoms with Gasteiger partial charge in [0, 0.05) is 18.2 Å². The molecule has 1 unspecified atom stereocenters. The van der Waals surface area contributed by atoms with E-state index in [1.807, 2.05) is 51.1 Å². The van der Waals surface area contributed by atoms with Crippen LogP contribution in [0.4, 0.5) is 0 Å². The van der Waals surface area contributed by atoms with Gasteiger partial charge in [0.05, 0.1) is 28.8 Å². The maximum Gasteiger partial charge on any atom is 0.262 e. The average molecular weight is 474 g/mol. The Bertz CT molecular complexity index is 1120. The number of benzene rings is 2. The molecule has 170 valence electrons. The molecule has 0 spiro atoms. The second-order valence-electron chi connectivity index (χ2n) is 7.77. The lowest BCUT2D eigenvalue weighted by atomic mass is 10.1. The van der Waals surface area contributed by atoms with Crippen LogP contribution in [0.3, 0.4) is 0 Å². The molecule has 0 aliphatic carbocycles. The average Bonchev–Trinajstić information content (AvgIpc) is 2.76. The Kier molecular flexibility index (Phi) is 8.73.